The van der Waals surface area contributed by atoms with Crippen molar-refractivity contribution in [3.63, 3.8) is 0 Å². The Morgan fingerprint density at radius 3 is 2.44 bits per heavy atom. The molecule has 0 N–H and O–H groups in total. The second-order valence-corrected chi connectivity index (χ2v) is 15.2. The van der Waals surface area contributed by atoms with E-state index in [1.54, 1.807) is 2.36 Å². The van der Waals surface area contributed by atoms with Crippen LogP contribution in [0.1, 0.15) is 0 Å². The molecule has 0 aliphatic carbocycles. The molecule has 0 bridgehead atoms. The zero-order valence-electron chi connectivity index (χ0n) is 4.37. The first-order valence-corrected chi connectivity index (χ1v) is 13.1. The second-order valence-electron chi connectivity index (χ2n) is 1.54. The van der Waals surface area contributed by atoms with E-state index in [1.807, 2.05) is 0 Å². The zero-order chi connectivity index (χ0) is 6.85. The normalized spacial score (nSPS) is 18.3. The minimum absolute atomic E-state index is 0.875. The fraction of sp³-hybridized carbons (Fsp3) is 0. The van der Waals surface area contributed by atoms with E-state index < -0.39 is 10.6 Å². The topological polar surface area (TPSA) is 0 Å². The van der Waals surface area contributed by atoms with Crippen LogP contribution in [0.2, 0.25) is 0 Å². The van der Waals surface area contributed by atoms with Crippen molar-refractivity contribution in [2.45, 2.75) is 0 Å². The fourth-order valence-electron chi connectivity index (χ4n) is 0.477. The molecule has 0 aromatic carbocycles. The predicted molar refractivity (Wildman–Crippen MR) is 70.0 cm³/mol. The first-order chi connectivity index (χ1) is 4.22. The molecule has 0 saturated carbocycles. The molecule has 1 aliphatic rings. The minimum atomic E-state index is -0.875. The summed E-state index contributed by atoms with van der Waals surface area (Å²) in [5.74, 6) is 0. The van der Waals surface area contributed by atoms with Gasteiger partial charge in [-0.15, -0.1) is 0 Å². The van der Waals surface area contributed by atoms with Crippen molar-refractivity contribution in [1.82, 2.24) is 0 Å². The van der Waals surface area contributed by atoms with E-state index >= 15 is 0 Å². The molecule has 1 rings (SSSR count). The van der Waals surface area contributed by atoms with Crippen molar-refractivity contribution in [3.05, 3.63) is 20.6 Å². The van der Waals surface area contributed by atoms with Gasteiger partial charge in [-0.3, -0.25) is 0 Å². The van der Waals surface area contributed by atoms with Crippen LogP contribution >= 0.6 is 65.4 Å². The molecule has 4 heteroatoms. The summed E-state index contributed by atoms with van der Waals surface area (Å²) in [5, 5.41) is 0. The summed E-state index contributed by atoms with van der Waals surface area (Å²) >= 11 is 7.45. The molecule has 9 heavy (non-hydrogen) atoms. The van der Waals surface area contributed by atoms with Crippen molar-refractivity contribution in [2.24, 2.45) is 0 Å². The van der Waals surface area contributed by atoms with Crippen molar-refractivity contribution < 1.29 is 0 Å². The monoisotopic (exact) mass is 518 g/mol. The van der Waals surface area contributed by atoms with E-state index in [0.29, 0.717) is 0 Å². The van der Waals surface area contributed by atoms with Crippen LogP contribution in [0.4, 0.5) is 0 Å². The Balaban J connectivity index is 3.06. The molecular formula is C5H3GeI3. The number of rotatable bonds is 0. The Bertz CT molecular complexity index is 214. The Hall–Kier alpha value is 2.08. The van der Waals surface area contributed by atoms with Crippen molar-refractivity contribution in [2.75, 3.05) is 0 Å². The summed E-state index contributed by atoms with van der Waals surface area (Å²) in [7, 11) is -0.875. The maximum atomic E-state index is 2.59. The molecule has 0 fully saturated rings. The van der Waals surface area contributed by atoms with Crippen LogP contribution in [0.25, 0.3) is 0 Å². The number of hydrogen-bond acceptors (Lipinski definition) is 0. The van der Waals surface area contributed by atoms with Gasteiger partial charge in [0.05, 0.1) is 0 Å². The third-order valence-electron chi connectivity index (χ3n) is 0.904. The zero-order valence-corrected chi connectivity index (χ0v) is 12.9. The number of halogens is 3. The van der Waals surface area contributed by atoms with Crippen LogP contribution in [-0.4, -0.2) is 13.0 Å². The van der Waals surface area contributed by atoms with Gasteiger partial charge in [-0.05, 0) is 0 Å². The van der Waals surface area contributed by atoms with Gasteiger partial charge in [0, 0.05) is 0 Å². The van der Waals surface area contributed by atoms with Crippen LogP contribution in [0.3, 0.4) is 0 Å². The summed E-state index contributed by atoms with van der Waals surface area (Å²) in [6.45, 7) is 0. The van der Waals surface area contributed by atoms with Crippen LogP contribution in [0.15, 0.2) is 20.6 Å². The summed E-state index contributed by atoms with van der Waals surface area (Å²) in [5.41, 5.74) is 0. The van der Waals surface area contributed by atoms with E-state index in [0.717, 1.165) is 0 Å². The predicted octanol–water partition coefficient (Wildman–Crippen LogP) is 2.99. The summed E-state index contributed by atoms with van der Waals surface area (Å²) in [4.78, 5) is 2.37. The van der Waals surface area contributed by atoms with E-state index in [-0.39, 0.29) is 0 Å². The van der Waals surface area contributed by atoms with Gasteiger partial charge >= 0.3 is 99.0 Å². The molecule has 0 nitrogen and oxygen atoms in total. The second kappa shape index (κ2) is 4.19. The van der Waals surface area contributed by atoms with E-state index in [2.05, 4.69) is 82.5 Å². The fourth-order valence-corrected chi connectivity index (χ4v) is 10.1. The molecule has 0 spiro atoms. The molecule has 1 heterocycles. The summed E-state index contributed by atoms with van der Waals surface area (Å²) in [6.07, 6.45) is 4.36. The Morgan fingerprint density at radius 2 is 2.00 bits per heavy atom. The van der Waals surface area contributed by atoms with Gasteiger partial charge in [0.1, 0.15) is 0 Å². The molecular weight excluding hydrogens is 513 g/mol. The third kappa shape index (κ3) is 2.55. The molecule has 0 aromatic rings. The van der Waals surface area contributed by atoms with Crippen LogP contribution in [0.5, 0.6) is 0 Å². The number of allylic oxidation sites excluding steroid dienone is 3. The Labute approximate surface area is 97.1 Å². The molecule has 0 amide bonds. The van der Waals surface area contributed by atoms with Crippen molar-refractivity contribution >= 4 is 78.4 Å². The third-order valence-corrected chi connectivity index (χ3v) is 20.0. The van der Waals surface area contributed by atoms with E-state index in [4.69, 9.17) is 0 Å². The SMILES string of the molecule is IC1=CC=[CH][Ge]([I])=[C]1I. The van der Waals surface area contributed by atoms with Crippen LogP contribution < -0.4 is 0 Å². The Morgan fingerprint density at radius 1 is 1.33 bits per heavy atom. The van der Waals surface area contributed by atoms with Gasteiger partial charge in [0.25, 0.3) is 0 Å². The molecule has 0 atom stereocenters. The van der Waals surface area contributed by atoms with Gasteiger partial charge in [-0.1, -0.05) is 0 Å². The van der Waals surface area contributed by atoms with Gasteiger partial charge in [0.2, 0.25) is 0 Å². The molecule has 48 valence electrons. The first-order valence-electron chi connectivity index (χ1n) is 2.31. The van der Waals surface area contributed by atoms with Crippen LogP contribution in [-0.2, 0) is 0 Å². The van der Waals surface area contributed by atoms with Gasteiger partial charge in [-0.2, -0.15) is 0 Å². The van der Waals surface area contributed by atoms with Gasteiger partial charge in [0.15, 0.2) is 0 Å². The molecule has 0 unspecified atom stereocenters. The average Bonchev–Trinajstić information content (AvgIpc) is 1.83. The first kappa shape index (κ1) is 9.17. The quantitative estimate of drug-likeness (QED) is 0.343. The summed E-state index contributed by atoms with van der Waals surface area (Å²) in [6, 6.07) is 0. The average molecular weight is 516 g/mol. The maximum absolute atomic E-state index is 2.59. The Kier molecular flexibility index (Phi) is 4.27. The van der Waals surface area contributed by atoms with Crippen molar-refractivity contribution in [1.29, 1.82) is 0 Å². The van der Waals surface area contributed by atoms with E-state index in [9.17, 15) is 0 Å². The van der Waals surface area contributed by atoms with E-state index in [1.165, 1.54) is 3.58 Å². The van der Waals surface area contributed by atoms with Crippen molar-refractivity contribution in [3.8, 4) is 0 Å². The molecule has 0 aromatic heterocycles. The van der Waals surface area contributed by atoms with Gasteiger partial charge < -0.3 is 0 Å². The summed E-state index contributed by atoms with van der Waals surface area (Å²) < 4.78 is 3.05. The molecule has 0 saturated heterocycles. The van der Waals surface area contributed by atoms with Gasteiger partial charge in [-0.25, -0.2) is 0 Å². The standard InChI is InChI=1S/C5H3GeI3/c7-4-2-1-3-6(9)5(4)8/h1-3H. The van der Waals surface area contributed by atoms with Crippen LogP contribution in [0, 0.1) is 0 Å². The number of hydrogen-bond donors (Lipinski definition) is 0. The molecule has 1 aliphatic heterocycles. The molecule has 0 radical (unpaired) electrons.